The van der Waals surface area contributed by atoms with E-state index in [1.165, 1.54) is 6.07 Å². The van der Waals surface area contributed by atoms with E-state index in [0.29, 0.717) is 17.8 Å². The Balaban J connectivity index is 1.38. The lowest BCUT2D eigenvalue weighted by atomic mass is 9.47. The van der Waals surface area contributed by atoms with E-state index in [-0.39, 0.29) is 46.1 Å². The molecule has 0 spiro atoms. The highest BCUT2D eigenvalue weighted by molar-refractivity contribution is 5.93. The largest absolute Gasteiger partial charge is 0.338 e. The van der Waals surface area contributed by atoms with Crippen molar-refractivity contribution in [2.45, 2.75) is 58.4 Å². The number of rotatable bonds is 2. The van der Waals surface area contributed by atoms with Gasteiger partial charge in [-0.1, -0.05) is 32.1 Å². The van der Waals surface area contributed by atoms with Crippen molar-refractivity contribution >= 4 is 17.5 Å². The van der Waals surface area contributed by atoms with Crippen molar-refractivity contribution < 1.29 is 14.0 Å². The number of carbonyl (C=O) groups excluding carboxylic acids is 2. The van der Waals surface area contributed by atoms with Gasteiger partial charge >= 0.3 is 0 Å². The summed E-state index contributed by atoms with van der Waals surface area (Å²) in [6, 6.07) is 6.69. The van der Waals surface area contributed by atoms with Gasteiger partial charge in [-0.05, 0) is 79.9 Å². The number of amides is 2. The van der Waals surface area contributed by atoms with Crippen LogP contribution in [-0.2, 0) is 9.59 Å². The van der Waals surface area contributed by atoms with Crippen LogP contribution in [0.25, 0.3) is 0 Å². The van der Waals surface area contributed by atoms with Gasteiger partial charge in [-0.25, -0.2) is 4.39 Å². The molecule has 1 aromatic rings. The number of nitrogens with zero attached hydrogens (tertiary/aromatic N) is 1. The molecule has 4 aliphatic rings. The molecule has 5 heteroatoms. The van der Waals surface area contributed by atoms with Crippen LogP contribution in [0.1, 0.15) is 52.4 Å². The fraction of sp³-hybridized carbons (Fsp3) is 0.615. The molecule has 3 aliphatic carbocycles. The number of benzene rings is 1. The maximum absolute atomic E-state index is 14.1. The quantitative estimate of drug-likeness (QED) is 0.725. The first-order valence-electron chi connectivity index (χ1n) is 11.8. The molecule has 7 atom stereocenters. The second-order valence-corrected chi connectivity index (χ2v) is 10.8. The summed E-state index contributed by atoms with van der Waals surface area (Å²) in [5, 5.41) is 2.88. The number of hydrogen-bond acceptors (Lipinski definition) is 2. The summed E-state index contributed by atoms with van der Waals surface area (Å²) in [5.74, 6) is 1.27. The third-order valence-corrected chi connectivity index (χ3v) is 9.58. The number of para-hydroxylation sites is 1. The van der Waals surface area contributed by atoms with Gasteiger partial charge in [0.15, 0.2) is 0 Å². The Morgan fingerprint density at radius 1 is 1.10 bits per heavy atom. The Morgan fingerprint density at radius 2 is 1.87 bits per heavy atom. The summed E-state index contributed by atoms with van der Waals surface area (Å²) >= 11 is 0. The minimum Gasteiger partial charge on any atom is -0.338 e. The van der Waals surface area contributed by atoms with Crippen LogP contribution in [0.5, 0.6) is 0 Å². The Hall–Kier alpha value is -2.17. The first-order chi connectivity index (χ1) is 14.8. The Labute approximate surface area is 184 Å². The number of nitrogens with one attached hydrogen (secondary N) is 1. The summed E-state index contributed by atoms with van der Waals surface area (Å²) in [6.45, 7) is 4.64. The number of likely N-dealkylation sites (N-methyl/N-ethyl adjacent to an activating group) is 1. The predicted molar refractivity (Wildman–Crippen MR) is 119 cm³/mol. The monoisotopic (exact) mass is 424 g/mol. The van der Waals surface area contributed by atoms with Gasteiger partial charge in [0.25, 0.3) is 0 Å². The molecule has 0 saturated heterocycles. The van der Waals surface area contributed by atoms with Crippen LogP contribution in [0.4, 0.5) is 10.1 Å². The zero-order chi connectivity index (χ0) is 22.0. The van der Waals surface area contributed by atoms with E-state index in [1.807, 2.05) is 11.9 Å². The van der Waals surface area contributed by atoms with Gasteiger partial charge in [-0.15, -0.1) is 0 Å². The average molecular weight is 425 g/mol. The molecular formula is C26H33FN2O2. The van der Waals surface area contributed by atoms with Crippen molar-refractivity contribution in [1.29, 1.82) is 0 Å². The van der Waals surface area contributed by atoms with Crippen LogP contribution in [0.3, 0.4) is 0 Å². The van der Waals surface area contributed by atoms with E-state index in [1.54, 1.807) is 24.3 Å². The highest BCUT2D eigenvalue weighted by Gasteiger charge is 2.61. The first kappa shape index (κ1) is 20.7. The number of fused-ring (bicyclic) bond motifs is 5. The van der Waals surface area contributed by atoms with Crippen LogP contribution in [0.2, 0.25) is 0 Å². The zero-order valence-corrected chi connectivity index (χ0v) is 18.7. The lowest BCUT2D eigenvalue weighted by Gasteiger charge is -2.60. The van der Waals surface area contributed by atoms with Gasteiger partial charge in [-0.3, -0.25) is 9.59 Å². The number of hydrogen-bond donors (Lipinski definition) is 1. The van der Waals surface area contributed by atoms with Crippen molar-refractivity contribution in [2.24, 2.45) is 34.5 Å². The maximum Gasteiger partial charge on any atom is 0.246 e. The summed E-state index contributed by atoms with van der Waals surface area (Å²) in [5.41, 5.74) is 0.251. The molecule has 0 radical (unpaired) electrons. The van der Waals surface area contributed by atoms with Gasteiger partial charge < -0.3 is 10.2 Å². The number of anilines is 1. The Morgan fingerprint density at radius 3 is 2.65 bits per heavy atom. The van der Waals surface area contributed by atoms with Gasteiger partial charge in [0.05, 0.1) is 5.69 Å². The molecule has 0 bridgehead atoms. The second kappa shape index (κ2) is 7.18. The molecule has 31 heavy (non-hydrogen) atoms. The van der Waals surface area contributed by atoms with Crippen LogP contribution in [-0.4, -0.2) is 29.8 Å². The lowest BCUT2D eigenvalue weighted by molar-refractivity contribution is -0.141. The molecule has 5 rings (SSSR count). The molecule has 1 N–H and O–H groups in total. The molecule has 166 valence electrons. The lowest BCUT2D eigenvalue weighted by Crippen LogP contribution is -2.59. The molecule has 1 heterocycles. The molecule has 3 saturated carbocycles. The van der Waals surface area contributed by atoms with Crippen molar-refractivity contribution in [3.05, 3.63) is 42.2 Å². The van der Waals surface area contributed by atoms with E-state index in [9.17, 15) is 14.0 Å². The average Bonchev–Trinajstić information content (AvgIpc) is 3.10. The van der Waals surface area contributed by atoms with Gasteiger partial charge in [-0.2, -0.15) is 0 Å². The van der Waals surface area contributed by atoms with Crippen LogP contribution in [0, 0.1) is 40.3 Å². The van der Waals surface area contributed by atoms with E-state index in [2.05, 4.69) is 25.2 Å². The van der Waals surface area contributed by atoms with E-state index < -0.39 is 0 Å². The normalized spacial score (nSPS) is 41.4. The van der Waals surface area contributed by atoms with E-state index >= 15 is 0 Å². The van der Waals surface area contributed by atoms with E-state index in [4.69, 9.17) is 0 Å². The molecule has 1 aliphatic heterocycles. The fourth-order valence-electron chi connectivity index (χ4n) is 7.95. The zero-order valence-electron chi connectivity index (χ0n) is 18.7. The minimum absolute atomic E-state index is 0.0143. The Kier molecular flexibility index (Phi) is 4.80. The standard InChI is InChI=1S/C26H33FN2O2/c1-25-14-12-18-16(8-11-22-26(18,2)15-13-23(30)29(22)3)17(25)9-10-19(25)24(31)28-21-7-5-4-6-20(21)27/h4-7,13,15-19,22H,8-12,14H2,1-3H3,(H,28,31)/t16-,17-,18-,19+,22+,25-,26+/m0/s1. The van der Waals surface area contributed by atoms with Crippen molar-refractivity contribution in [1.82, 2.24) is 4.90 Å². The highest BCUT2D eigenvalue weighted by Crippen LogP contribution is 2.65. The second-order valence-electron chi connectivity index (χ2n) is 10.8. The topological polar surface area (TPSA) is 49.4 Å². The highest BCUT2D eigenvalue weighted by atomic mass is 19.1. The minimum atomic E-state index is -0.381. The Bertz CT molecular complexity index is 945. The third-order valence-electron chi connectivity index (χ3n) is 9.58. The third kappa shape index (κ3) is 2.99. The molecule has 0 aromatic heterocycles. The molecule has 0 unspecified atom stereocenters. The number of halogens is 1. The predicted octanol–water partition coefficient (Wildman–Crippen LogP) is 5.02. The molecule has 2 amide bonds. The maximum atomic E-state index is 14.1. The summed E-state index contributed by atoms with van der Waals surface area (Å²) in [4.78, 5) is 27.4. The van der Waals surface area contributed by atoms with Crippen molar-refractivity contribution in [3.8, 4) is 0 Å². The number of carbonyl (C=O) groups is 2. The van der Waals surface area contributed by atoms with Crippen LogP contribution < -0.4 is 5.32 Å². The van der Waals surface area contributed by atoms with Crippen LogP contribution >= 0.6 is 0 Å². The molecule has 1 aromatic carbocycles. The summed E-state index contributed by atoms with van der Waals surface area (Å²) < 4.78 is 14.1. The smallest absolute Gasteiger partial charge is 0.246 e. The van der Waals surface area contributed by atoms with Crippen molar-refractivity contribution in [3.63, 3.8) is 0 Å². The van der Waals surface area contributed by atoms with Crippen LogP contribution in [0.15, 0.2) is 36.4 Å². The van der Waals surface area contributed by atoms with Crippen molar-refractivity contribution in [2.75, 3.05) is 12.4 Å². The SMILES string of the molecule is CN1C(=O)C=C[C@]2(C)[C@H]3CC[C@]4(C)[C@@H](C(=O)Nc5ccccc5F)CC[C@H]4[C@@H]3CC[C@@H]12. The summed E-state index contributed by atoms with van der Waals surface area (Å²) in [7, 11) is 1.95. The van der Waals surface area contributed by atoms with E-state index in [0.717, 1.165) is 38.5 Å². The molecule has 4 nitrogen and oxygen atoms in total. The first-order valence-corrected chi connectivity index (χ1v) is 11.8. The van der Waals surface area contributed by atoms with Gasteiger partial charge in [0.1, 0.15) is 5.82 Å². The summed E-state index contributed by atoms with van der Waals surface area (Å²) in [6.07, 6.45) is 10.2. The van der Waals surface area contributed by atoms with Gasteiger partial charge in [0.2, 0.25) is 11.8 Å². The fourth-order valence-corrected chi connectivity index (χ4v) is 7.95. The van der Waals surface area contributed by atoms with Gasteiger partial charge in [0, 0.05) is 24.4 Å². The molecular weight excluding hydrogens is 391 g/mol. The molecule has 3 fully saturated rings.